The number of aryl methyl sites for hydroxylation is 2. The smallest absolute Gasteiger partial charge is 0.267 e. The number of carbonyl (C=O) groups is 1. The van der Waals surface area contributed by atoms with Crippen LogP contribution in [0.15, 0.2) is 29.1 Å². The molecule has 0 fully saturated rings. The van der Waals surface area contributed by atoms with E-state index in [0.717, 1.165) is 30.5 Å². The van der Waals surface area contributed by atoms with E-state index in [2.05, 4.69) is 10.4 Å². The Labute approximate surface area is 156 Å². The van der Waals surface area contributed by atoms with Gasteiger partial charge in [-0.2, -0.15) is 5.10 Å². The molecule has 1 aliphatic carbocycles. The molecule has 2 heterocycles. The number of amides is 1. The lowest BCUT2D eigenvalue weighted by atomic mass is 10.2. The zero-order valence-electron chi connectivity index (χ0n) is 15.1. The maximum absolute atomic E-state index is 12.2. The number of hydrogen-bond acceptors (Lipinski definition) is 6. The topological polar surface area (TPSA) is 91.7 Å². The number of carbonyl (C=O) groups excluding carboxylic acids is 1. The molecule has 1 atom stereocenters. The van der Waals surface area contributed by atoms with E-state index in [1.165, 1.54) is 4.68 Å². The lowest BCUT2D eigenvalue weighted by Gasteiger charge is -2.15. The molecule has 8 nitrogen and oxygen atoms in total. The molecule has 0 saturated heterocycles. The standard InChI is InChI=1S/C19H21N3O5/c1-12(27-14-5-6-16-17(10-14)26-11-25-16)19(24)20-7-8-22-18(23)9-13-3-2-4-15(13)21-22/h5-6,9-10,12H,2-4,7-8,11H2,1H3,(H,20,24)/t12-/m0/s1. The van der Waals surface area contributed by atoms with Crippen LogP contribution >= 0.6 is 0 Å². The number of fused-ring (bicyclic) bond motifs is 2. The maximum atomic E-state index is 12.2. The molecule has 1 aromatic carbocycles. The first kappa shape index (κ1) is 17.4. The average Bonchev–Trinajstić information content (AvgIpc) is 3.29. The number of benzene rings is 1. The van der Waals surface area contributed by atoms with E-state index < -0.39 is 6.10 Å². The van der Waals surface area contributed by atoms with Crippen molar-refractivity contribution in [3.05, 3.63) is 45.9 Å². The highest BCUT2D eigenvalue weighted by molar-refractivity contribution is 5.80. The summed E-state index contributed by atoms with van der Waals surface area (Å²) in [6.45, 7) is 2.48. The van der Waals surface area contributed by atoms with Crippen molar-refractivity contribution in [3.63, 3.8) is 0 Å². The molecule has 1 N–H and O–H groups in total. The third-order valence-corrected chi connectivity index (χ3v) is 4.67. The lowest BCUT2D eigenvalue weighted by molar-refractivity contribution is -0.127. The van der Waals surface area contributed by atoms with Gasteiger partial charge in [-0.3, -0.25) is 9.59 Å². The van der Waals surface area contributed by atoms with Crippen LogP contribution in [-0.2, 0) is 24.2 Å². The van der Waals surface area contributed by atoms with Gasteiger partial charge < -0.3 is 19.5 Å². The van der Waals surface area contributed by atoms with Crippen molar-refractivity contribution < 1.29 is 19.0 Å². The van der Waals surface area contributed by atoms with E-state index in [0.29, 0.717) is 30.3 Å². The fraction of sp³-hybridized carbons (Fsp3) is 0.421. The number of ether oxygens (including phenoxy) is 3. The van der Waals surface area contributed by atoms with E-state index >= 15 is 0 Å². The van der Waals surface area contributed by atoms with Gasteiger partial charge in [0.15, 0.2) is 17.6 Å². The van der Waals surface area contributed by atoms with Crippen LogP contribution in [0.5, 0.6) is 17.2 Å². The second-order valence-electron chi connectivity index (χ2n) is 6.60. The van der Waals surface area contributed by atoms with Gasteiger partial charge >= 0.3 is 0 Å². The molecule has 4 rings (SSSR count). The summed E-state index contributed by atoms with van der Waals surface area (Å²) in [4.78, 5) is 24.3. The first-order valence-corrected chi connectivity index (χ1v) is 9.04. The Bertz CT molecular complexity index is 924. The molecular formula is C19H21N3O5. The Morgan fingerprint density at radius 3 is 3.04 bits per heavy atom. The van der Waals surface area contributed by atoms with Gasteiger partial charge in [-0.05, 0) is 43.9 Å². The zero-order valence-corrected chi connectivity index (χ0v) is 15.1. The van der Waals surface area contributed by atoms with Crippen LogP contribution in [0.1, 0.15) is 24.6 Å². The van der Waals surface area contributed by atoms with Gasteiger partial charge in [0, 0.05) is 18.7 Å². The van der Waals surface area contributed by atoms with Crippen LogP contribution in [0, 0.1) is 0 Å². The van der Waals surface area contributed by atoms with E-state index in [1.807, 2.05) is 0 Å². The number of rotatable bonds is 6. The summed E-state index contributed by atoms with van der Waals surface area (Å²) in [5, 5.41) is 7.17. The minimum absolute atomic E-state index is 0.130. The van der Waals surface area contributed by atoms with Crippen molar-refractivity contribution in [2.45, 2.75) is 38.8 Å². The third-order valence-electron chi connectivity index (χ3n) is 4.67. The van der Waals surface area contributed by atoms with Crippen LogP contribution in [0.25, 0.3) is 0 Å². The molecule has 8 heteroatoms. The number of nitrogens with one attached hydrogen (secondary N) is 1. The molecular weight excluding hydrogens is 350 g/mol. The molecule has 0 unspecified atom stereocenters. The summed E-state index contributed by atoms with van der Waals surface area (Å²) in [6, 6.07) is 6.82. The van der Waals surface area contributed by atoms with Gasteiger partial charge in [0.05, 0.1) is 12.2 Å². The SMILES string of the molecule is C[C@H](Oc1ccc2c(c1)OCO2)C(=O)NCCn1nc2c(cc1=O)CCC2. The average molecular weight is 371 g/mol. The molecule has 0 bridgehead atoms. The van der Waals surface area contributed by atoms with Gasteiger partial charge in [0.2, 0.25) is 6.79 Å². The van der Waals surface area contributed by atoms with Crippen LogP contribution < -0.4 is 25.1 Å². The quantitative estimate of drug-likeness (QED) is 0.816. The Balaban J connectivity index is 1.30. The third kappa shape index (κ3) is 3.74. The molecule has 0 saturated carbocycles. The van der Waals surface area contributed by atoms with Crippen molar-refractivity contribution in [2.24, 2.45) is 0 Å². The highest BCUT2D eigenvalue weighted by Crippen LogP contribution is 2.35. The predicted octanol–water partition coefficient (Wildman–Crippen LogP) is 1.04. The minimum atomic E-state index is -0.685. The zero-order chi connectivity index (χ0) is 18.8. The summed E-state index contributed by atoms with van der Waals surface area (Å²) in [7, 11) is 0. The van der Waals surface area contributed by atoms with E-state index in [9.17, 15) is 9.59 Å². The Morgan fingerprint density at radius 1 is 1.30 bits per heavy atom. The normalized spacial score (nSPS) is 15.3. The van der Waals surface area contributed by atoms with Crippen LogP contribution in [0.4, 0.5) is 0 Å². The first-order chi connectivity index (χ1) is 13.1. The number of aromatic nitrogens is 2. The van der Waals surface area contributed by atoms with E-state index in [1.54, 1.807) is 31.2 Å². The maximum Gasteiger partial charge on any atom is 0.267 e. The highest BCUT2D eigenvalue weighted by atomic mass is 16.7. The van der Waals surface area contributed by atoms with Crippen molar-refractivity contribution in [3.8, 4) is 17.2 Å². The summed E-state index contributed by atoms with van der Waals surface area (Å²) >= 11 is 0. The van der Waals surface area contributed by atoms with Gasteiger partial charge in [0.25, 0.3) is 11.5 Å². The highest BCUT2D eigenvalue weighted by Gasteiger charge is 2.18. The Kier molecular flexibility index (Phi) is 4.70. The lowest BCUT2D eigenvalue weighted by Crippen LogP contribution is -2.39. The second-order valence-corrected chi connectivity index (χ2v) is 6.60. The molecule has 1 aliphatic heterocycles. The fourth-order valence-electron chi connectivity index (χ4n) is 3.24. The molecule has 27 heavy (non-hydrogen) atoms. The molecule has 142 valence electrons. The first-order valence-electron chi connectivity index (χ1n) is 9.04. The van der Waals surface area contributed by atoms with Crippen molar-refractivity contribution in [1.29, 1.82) is 0 Å². The monoisotopic (exact) mass is 371 g/mol. The molecule has 0 radical (unpaired) electrons. The molecule has 2 aliphatic rings. The van der Waals surface area contributed by atoms with Crippen LogP contribution in [0.3, 0.4) is 0 Å². The summed E-state index contributed by atoms with van der Waals surface area (Å²) in [5.41, 5.74) is 1.90. The largest absolute Gasteiger partial charge is 0.481 e. The van der Waals surface area contributed by atoms with Crippen molar-refractivity contribution in [1.82, 2.24) is 15.1 Å². The summed E-state index contributed by atoms with van der Waals surface area (Å²) in [5.74, 6) is 1.52. The summed E-state index contributed by atoms with van der Waals surface area (Å²) < 4.78 is 17.6. The van der Waals surface area contributed by atoms with E-state index in [4.69, 9.17) is 14.2 Å². The van der Waals surface area contributed by atoms with Gasteiger partial charge in [-0.15, -0.1) is 0 Å². The van der Waals surface area contributed by atoms with Crippen molar-refractivity contribution >= 4 is 5.91 Å². The Hall–Kier alpha value is -3.03. The van der Waals surface area contributed by atoms with Crippen LogP contribution in [-0.4, -0.2) is 35.1 Å². The minimum Gasteiger partial charge on any atom is -0.481 e. The van der Waals surface area contributed by atoms with Gasteiger partial charge in [-0.1, -0.05) is 0 Å². The summed E-state index contributed by atoms with van der Waals surface area (Å²) in [6.07, 6.45) is 2.18. The van der Waals surface area contributed by atoms with Gasteiger partial charge in [0.1, 0.15) is 5.75 Å². The van der Waals surface area contributed by atoms with Crippen molar-refractivity contribution in [2.75, 3.05) is 13.3 Å². The molecule has 0 spiro atoms. The van der Waals surface area contributed by atoms with E-state index in [-0.39, 0.29) is 18.3 Å². The second kappa shape index (κ2) is 7.30. The number of nitrogens with zero attached hydrogens (tertiary/aromatic N) is 2. The Morgan fingerprint density at radius 2 is 2.15 bits per heavy atom. The molecule has 2 aromatic rings. The van der Waals surface area contributed by atoms with Crippen LogP contribution in [0.2, 0.25) is 0 Å². The fourth-order valence-corrected chi connectivity index (χ4v) is 3.24. The molecule has 1 amide bonds. The molecule has 1 aromatic heterocycles. The number of hydrogen-bond donors (Lipinski definition) is 1. The predicted molar refractivity (Wildman–Crippen MR) is 96.2 cm³/mol. The van der Waals surface area contributed by atoms with Gasteiger partial charge in [-0.25, -0.2) is 4.68 Å².